The third-order valence-corrected chi connectivity index (χ3v) is 2.51. The monoisotopic (exact) mass is 225 g/mol. The van der Waals surface area contributed by atoms with Gasteiger partial charge in [0, 0.05) is 12.5 Å². The van der Waals surface area contributed by atoms with Crippen LogP contribution in [0.4, 0.5) is 0 Å². The molecule has 0 spiro atoms. The topological polar surface area (TPSA) is 53.7 Å². The molecule has 0 fully saturated rings. The van der Waals surface area contributed by atoms with Crippen molar-refractivity contribution in [2.75, 3.05) is 6.54 Å². The van der Waals surface area contributed by atoms with E-state index in [1.54, 1.807) is 6.26 Å². The van der Waals surface area contributed by atoms with Crippen molar-refractivity contribution in [1.29, 1.82) is 0 Å². The fourth-order valence-corrected chi connectivity index (χ4v) is 1.56. The van der Waals surface area contributed by atoms with Crippen molar-refractivity contribution in [2.24, 2.45) is 0 Å². The number of furan rings is 1. The van der Waals surface area contributed by atoms with E-state index in [2.05, 4.69) is 18.7 Å². The second kappa shape index (κ2) is 6.33. The first-order valence-corrected chi connectivity index (χ1v) is 5.58. The van der Waals surface area contributed by atoms with Crippen molar-refractivity contribution in [3.05, 3.63) is 24.2 Å². The molecule has 1 aromatic heterocycles. The highest BCUT2D eigenvalue weighted by Crippen LogP contribution is 2.10. The van der Waals surface area contributed by atoms with Gasteiger partial charge in [0.1, 0.15) is 5.76 Å². The molecule has 0 amide bonds. The molecule has 4 nitrogen and oxygen atoms in total. The standard InChI is InChI=1S/C12H19NO3/c1-10(2)13(7-3-6-12(14)15)9-11-5-4-8-16-11/h4-5,8,10H,3,6-7,9H2,1-2H3,(H,14,15). The predicted octanol–water partition coefficient (Wildman–Crippen LogP) is 2.35. The third kappa shape index (κ3) is 4.49. The highest BCUT2D eigenvalue weighted by atomic mass is 16.4. The summed E-state index contributed by atoms with van der Waals surface area (Å²) in [7, 11) is 0. The molecule has 90 valence electrons. The second-order valence-corrected chi connectivity index (χ2v) is 4.14. The van der Waals surface area contributed by atoms with E-state index < -0.39 is 5.97 Å². The van der Waals surface area contributed by atoms with Crippen LogP contribution in [0.3, 0.4) is 0 Å². The lowest BCUT2D eigenvalue weighted by molar-refractivity contribution is -0.137. The first-order chi connectivity index (χ1) is 7.59. The van der Waals surface area contributed by atoms with E-state index in [1.165, 1.54) is 0 Å². The molecule has 4 heteroatoms. The van der Waals surface area contributed by atoms with E-state index in [0.717, 1.165) is 18.8 Å². The van der Waals surface area contributed by atoms with E-state index in [0.29, 0.717) is 12.5 Å². The van der Waals surface area contributed by atoms with Gasteiger partial charge in [-0.2, -0.15) is 0 Å². The fourth-order valence-electron chi connectivity index (χ4n) is 1.56. The Balaban J connectivity index is 2.39. The van der Waals surface area contributed by atoms with Gasteiger partial charge in [-0.3, -0.25) is 9.69 Å². The number of nitrogens with zero attached hydrogens (tertiary/aromatic N) is 1. The molecule has 0 atom stereocenters. The molecular formula is C12H19NO3. The van der Waals surface area contributed by atoms with Crippen molar-refractivity contribution in [3.8, 4) is 0 Å². The Morgan fingerprint density at radius 3 is 2.81 bits per heavy atom. The Morgan fingerprint density at radius 2 is 2.31 bits per heavy atom. The number of carbonyl (C=O) groups is 1. The van der Waals surface area contributed by atoms with Gasteiger partial charge in [-0.25, -0.2) is 0 Å². The Bertz CT molecular complexity index is 306. The van der Waals surface area contributed by atoms with E-state index >= 15 is 0 Å². The lowest BCUT2D eigenvalue weighted by Gasteiger charge is -2.25. The van der Waals surface area contributed by atoms with E-state index in [9.17, 15) is 4.79 Å². The number of carboxylic acid groups (broad SMARTS) is 1. The first kappa shape index (κ1) is 12.8. The zero-order valence-electron chi connectivity index (χ0n) is 9.85. The summed E-state index contributed by atoms with van der Waals surface area (Å²) in [5.41, 5.74) is 0. The van der Waals surface area contributed by atoms with E-state index in [1.807, 2.05) is 12.1 Å². The van der Waals surface area contributed by atoms with Crippen molar-refractivity contribution in [2.45, 2.75) is 39.3 Å². The molecule has 0 saturated heterocycles. The van der Waals surface area contributed by atoms with Gasteiger partial charge in [-0.15, -0.1) is 0 Å². The molecule has 16 heavy (non-hydrogen) atoms. The smallest absolute Gasteiger partial charge is 0.303 e. The molecule has 1 N–H and O–H groups in total. The quantitative estimate of drug-likeness (QED) is 0.774. The summed E-state index contributed by atoms with van der Waals surface area (Å²) in [5.74, 6) is 0.186. The van der Waals surface area contributed by atoms with Crippen molar-refractivity contribution < 1.29 is 14.3 Å². The summed E-state index contributed by atoms with van der Waals surface area (Å²) < 4.78 is 5.28. The zero-order chi connectivity index (χ0) is 12.0. The number of hydrogen-bond donors (Lipinski definition) is 1. The third-order valence-electron chi connectivity index (χ3n) is 2.51. The molecule has 0 aliphatic rings. The van der Waals surface area contributed by atoms with Crippen LogP contribution in [0.1, 0.15) is 32.4 Å². The number of carboxylic acids is 1. The van der Waals surface area contributed by atoms with Crippen LogP contribution in [0, 0.1) is 0 Å². The Hall–Kier alpha value is -1.29. The maximum absolute atomic E-state index is 10.4. The van der Waals surface area contributed by atoms with Gasteiger partial charge in [0.15, 0.2) is 0 Å². The Morgan fingerprint density at radius 1 is 1.56 bits per heavy atom. The van der Waals surface area contributed by atoms with Gasteiger partial charge in [0.2, 0.25) is 0 Å². The normalized spacial score (nSPS) is 11.2. The first-order valence-electron chi connectivity index (χ1n) is 5.58. The summed E-state index contributed by atoms with van der Waals surface area (Å²) in [6.45, 7) is 5.72. The molecule has 1 aromatic rings. The van der Waals surface area contributed by atoms with Crippen molar-refractivity contribution in [1.82, 2.24) is 4.90 Å². The number of hydrogen-bond acceptors (Lipinski definition) is 3. The molecule has 0 unspecified atom stereocenters. The number of aliphatic carboxylic acids is 1. The van der Waals surface area contributed by atoms with E-state index in [4.69, 9.17) is 9.52 Å². The minimum Gasteiger partial charge on any atom is -0.481 e. The van der Waals surface area contributed by atoms with Gasteiger partial charge in [-0.05, 0) is 38.9 Å². The lowest BCUT2D eigenvalue weighted by Crippen LogP contribution is -2.31. The molecule has 0 aromatic carbocycles. The van der Waals surface area contributed by atoms with Crippen LogP contribution < -0.4 is 0 Å². The fraction of sp³-hybridized carbons (Fsp3) is 0.583. The SMILES string of the molecule is CC(C)N(CCCC(=O)O)Cc1ccco1. The molecule has 1 heterocycles. The Kier molecular flexibility index (Phi) is 5.05. The van der Waals surface area contributed by atoms with Crippen LogP contribution in [0.5, 0.6) is 0 Å². The molecular weight excluding hydrogens is 206 g/mol. The van der Waals surface area contributed by atoms with Crippen molar-refractivity contribution >= 4 is 5.97 Å². The highest BCUT2D eigenvalue weighted by molar-refractivity contribution is 5.66. The maximum Gasteiger partial charge on any atom is 0.303 e. The van der Waals surface area contributed by atoms with Crippen molar-refractivity contribution in [3.63, 3.8) is 0 Å². The molecule has 0 aliphatic carbocycles. The summed E-state index contributed by atoms with van der Waals surface area (Å²) in [6, 6.07) is 4.19. The number of rotatable bonds is 7. The van der Waals surface area contributed by atoms with Crippen LogP contribution in [0.25, 0.3) is 0 Å². The van der Waals surface area contributed by atoms with Gasteiger partial charge in [0.05, 0.1) is 12.8 Å². The molecule has 0 aliphatic heterocycles. The van der Waals surface area contributed by atoms with Crippen LogP contribution in [0.2, 0.25) is 0 Å². The average Bonchev–Trinajstić information content (AvgIpc) is 2.68. The second-order valence-electron chi connectivity index (χ2n) is 4.14. The van der Waals surface area contributed by atoms with Gasteiger partial charge >= 0.3 is 5.97 Å². The summed E-state index contributed by atoms with van der Waals surface area (Å²) >= 11 is 0. The predicted molar refractivity (Wildman–Crippen MR) is 61.1 cm³/mol. The Labute approximate surface area is 95.9 Å². The minimum atomic E-state index is -0.735. The van der Waals surface area contributed by atoms with E-state index in [-0.39, 0.29) is 6.42 Å². The average molecular weight is 225 g/mol. The molecule has 0 radical (unpaired) electrons. The largest absolute Gasteiger partial charge is 0.481 e. The molecule has 0 bridgehead atoms. The maximum atomic E-state index is 10.4. The minimum absolute atomic E-state index is 0.224. The van der Waals surface area contributed by atoms with Crippen LogP contribution in [0.15, 0.2) is 22.8 Å². The van der Waals surface area contributed by atoms with Gasteiger partial charge in [0.25, 0.3) is 0 Å². The van der Waals surface area contributed by atoms with Crippen LogP contribution in [-0.2, 0) is 11.3 Å². The molecule has 1 rings (SSSR count). The molecule has 0 saturated carbocycles. The zero-order valence-corrected chi connectivity index (χ0v) is 9.85. The summed E-state index contributed by atoms with van der Waals surface area (Å²) in [5, 5.41) is 8.58. The summed E-state index contributed by atoms with van der Waals surface area (Å²) in [4.78, 5) is 12.6. The van der Waals surface area contributed by atoms with Gasteiger partial charge in [-0.1, -0.05) is 0 Å². The highest BCUT2D eigenvalue weighted by Gasteiger charge is 2.11. The van der Waals surface area contributed by atoms with Crippen LogP contribution in [-0.4, -0.2) is 28.6 Å². The van der Waals surface area contributed by atoms with Gasteiger partial charge < -0.3 is 9.52 Å². The lowest BCUT2D eigenvalue weighted by atomic mass is 10.2. The summed E-state index contributed by atoms with van der Waals surface area (Å²) in [6.07, 6.45) is 2.56. The van der Waals surface area contributed by atoms with Crippen LogP contribution >= 0.6 is 0 Å².